The number of unbranched alkanes of at least 4 members (excludes halogenated alkanes) is 1. The van der Waals surface area contributed by atoms with Crippen molar-refractivity contribution in [2.24, 2.45) is 0 Å². The van der Waals surface area contributed by atoms with E-state index in [1.54, 1.807) is 0 Å². The highest BCUT2D eigenvalue weighted by molar-refractivity contribution is 5.75. The molecular weight excluding hydrogens is 368 g/mol. The van der Waals surface area contributed by atoms with Crippen LogP contribution in [0.15, 0.2) is 12.1 Å². The monoisotopic (exact) mass is 404 g/mol. The van der Waals surface area contributed by atoms with Crippen molar-refractivity contribution in [1.29, 1.82) is 0 Å². The van der Waals surface area contributed by atoms with Crippen LogP contribution in [0.2, 0.25) is 0 Å². The van der Waals surface area contributed by atoms with E-state index in [2.05, 4.69) is 27.7 Å². The van der Waals surface area contributed by atoms with Gasteiger partial charge in [0.15, 0.2) is 0 Å². The number of aliphatic carboxylic acids is 1. The minimum Gasteiger partial charge on any atom is -0.480 e. The molecule has 0 spiro atoms. The van der Waals surface area contributed by atoms with Gasteiger partial charge in [-0.15, -0.1) is 0 Å². The van der Waals surface area contributed by atoms with Crippen molar-refractivity contribution >= 4 is 11.8 Å². The van der Waals surface area contributed by atoms with Gasteiger partial charge in [-0.2, -0.15) is 0 Å². The van der Waals surface area contributed by atoms with Gasteiger partial charge in [0.25, 0.3) is 0 Å². The lowest BCUT2D eigenvalue weighted by atomic mass is 9.83. The normalized spacial score (nSPS) is 20.1. The summed E-state index contributed by atoms with van der Waals surface area (Å²) in [5.41, 5.74) is 1.30. The Bertz CT molecular complexity index is 687. The van der Waals surface area contributed by atoms with Gasteiger partial charge in [0.1, 0.15) is 11.9 Å². The van der Waals surface area contributed by atoms with Crippen molar-refractivity contribution in [3.05, 3.63) is 23.4 Å². The molecular formula is C22H36N4O3. The zero-order valence-corrected chi connectivity index (χ0v) is 17.8. The standard InChI is InChI=1S/C22H36N4O3/c1-16(2)24-19(21(27)28)22(29)10-14-26(15-11-22)13-4-3-7-18-9-8-17-6-5-12-23-20(17)25-18/h8-9,16,19,24,29H,3-7,10-15H2,1-2H3,(H,23,25)(H,27,28). The Kier molecular flexibility index (Phi) is 7.49. The predicted octanol–water partition coefficient (Wildman–Crippen LogP) is 2.04. The number of likely N-dealkylation sites (tertiary alicyclic amines) is 1. The first-order valence-corrected chi connectivity index (χ1v) is 11.0. The van der Waals surface area contributed by atoms with Gasteiger partial charge in [-0.3, -0.25) is 10.1 Å². The van der Waals surface area contributed by atoms with Crippen molar-refractivity contribution in [3.8, 4) is 0 Å². The zero-order valence-electron chi connectivity index (χ0n) is 17.8. The predicted molar refractivity (Wildman–Crippen MR) is 114 cm³/mol. The lowest BCUT2D eigenvalue weighted by Crippen LogP contribution is -2.61. The van der Waals surface area contributed by atoms with Gasteiger partial charge in [-0.1, -0.05) is 19.9 Å². The minimum absolute atomic E-state index is 0.0190. The maximum atomic E-state index is 11.6. The van der Waals surface area contributed by atoms with E-state index in [1.807, 2.05) is 13.8 Å². The fraction of sp³-hybridized carbons (Fsp3) is 0.727. The smallest absolute Gasteiger partial charge is 0.323 e. The van der Waals surface area contributed by atoms with Crippen LogP contribution in [-0.2, 0) is 17.6 Å². The van der Waals surface area contributed by atoms with Crippen molar-refractivity contribution in [2.75, 3.05) is 31.5 Å². The van der Waals surface area contributed by atoms with Crippen LogP contribution in [0.5, 0.6) is 0 Å². The van der Waals surface area contributed by atoms with Crippen LogP contribution in [0.3, 0.4) is 0 Å². The van der Waals surface area contributed by atoms with Gasteiger partial charge in [-0.25, -0.2) is 4.98 Å². The first-order valence-electron chi connectivity index (χ1n) is 11.0. The summed E-state index contributed by atoms with van der Waals surface area (Å²) in [6.07, 6.45) is 6.41. The third-order valence-electron chi connectivity index (χ3n) is 6.12. The molecule has 1 saturated heterocycles. The number of carbonyl (C=O) groups is 1. The number of aromatic nitrogens is 1. The van der Waals surface area contributed by atoms with Crippen LogP contribution in [0.1, 0.15) is 57.2 Å². The average molecular weight is 405 g/mol. The van der Waals surface area contributed by atoms with E-state index < -0.39 is 17.6 Å². The molecule has 1 atom stereocenters. The van der Waals surface area contributed by atoms with Gasteiger partial charge < -0.3 is 20.4 Å². The Hall–Kier alpha value is -1.70. The number of hydrogen-bond donors (Lipinski definition) is 4. The summed E-state index contributed by atoms with van der Waals surface area (Å²) in [7, 11) is 0. The first kappa shape index (κ1) is 22.0. The number of anilines is 1. The number of aliphatic hydroxyl groups is 1. The molecule has 7 nitrogen and oxygen atoms in total. The molecule has 3 rings (SSSR count). The molecule has 2 aliphatic heterocycles. The van der Waals surface area contributed by atoms with Crippen LogP contribution in [0.25, 0.3) is 0 Å². The number of pyridine rings is 1. The Morgan fingerprint density at radius 2 is 2.07 bits per heavy atom. The minimum atomic E-state index is -1.17. The third-order valence-corrected chi connectivity index (χ3v) is 6.12. The van der Waals surface area contributed by atoms with Crippen molar-refractivity contribution < 1.29 is 15.0 Å². The summed E-state index contributed by atoms with van der Waals surface area (Å²) in [6.45, 7) is 7.28. The number of fused-ring (bicyclic) bond motifs is 1. The van der Waals surface area contributed by atoms with Crippen LogP contribution in [0.4, 0.5) is 5.82 Å². The average Bonchev–Trinajstić information content (AvgIpc) is 2.70. The van der Waals surface area contributed by atoms with Crippen molar-refractivity contribution in [1.82, 2.24) is 15.2 Å². The number of rotatable bonds is 9. The largest absolute Gasteiger partial charge is 0.480 e. The molecule has 0 aliphatic carbocycles. The quantitative estimate of drug-likeness (QED) is 0.468. The van der Waals surface area contributed by atoms with E-state index in [9.17, 15) is 15.0 Å². The molecule has 162 valence electrons. The molecule has 0 amide bonds. The highest BCUT2D eigenvalue weighted by Crippen LogP contribution is 2.27. The Labute approximate surface area is 173 Å². The third kappa shape index (κ3) is 5.90. The van der Waals surface area contributed by atoms with Gasteiger partial charge in [-0.05, 0) is 63.1 Å². The molecule has 0 aromatic carbocycles. The highest BCUT2D eigenvalue weighted by Gasteiger charge is 2.43. The Balaban J connectivity index is 1.40. The van der Waals surface area contributed by atoms with E-state index >= 15 is 0 Å². The maximum absolute atomic E-state index is 11.6. The molecule has 0 bridgehead atoms. The van der Waals surface area contributed by atoms with E-state index in [1.165, 1.54) is 12.0 Å². The molecule has 2 aliphatic rings. The van der Waals surface area contributed by atoms with Crippen molar-refractivity contribution in [2.45, 2.75) is 76.5 Å². The summed E-state index contributed by atoms with van der Waals surface area (Å²) < 4.78 is 0. The second-order valence-electron chi connectivity index (χ2n) is 8.84. The number of hydrogen-bond acceptors (Lipinski definition) is 6. The van der Waals surface area contributed by atoms with Crippen LogP contribution in [-0.4, -0.2) is 69.9 Å². The zero-order chi connectivity index (χ0) is 20.9. The fourth-order valence-corrected chi connectivity index (χ4v) is 4.39. The summed E-state index contributed by atoms with van der Waals surface area (Å²) >= 11 is 0. The second-order valence-corrected chi connectivity index (χ2v) is 8.84. The number of nitrogens with one attached hydrogen (secondary N) is 2. The molecule has 1 unspecified atom stereocenters. The van der Waals surface area contributed by atoms with E-state index in [-0.39, 0.29) is 6.04 Å². The molecule has 7 heteroatoms. The van der Waals surface area contributed by atoms with E-state index in [0.717, 1.165) is 63.4 Å². The number of carboxylic acids is 1. The fourth-order valence-electron chi connectivity index (χ4n) is 4.39. The first-order chi connectivity index (χ1) is 13.9. The summed E-state index contributed by atoms with van der Waals surface area (Å²) in [5.74, 6) is 0.0914. The topological polar surface area (TPSA) is 97.7 Å². The number of piperidine rings is 1. The maximum Gasteiger partial charge on any atom is 0.323 e. The Morgan fingerprint density at radius 3 is 2.76 bits per heavy atom. The number of aryl methyl sites for hydroxylation is 2. The lowest BCUT2D eigenvalue weighted by molar-refractivity contribution is -0.150. The summed E-state index contributed by atoms with van der Waals surface area (Å²) in [5, 5.41) is 26.8. The molecule has 1 aromatic rings. The van der Waals surface area contributed by atoms with Crippen LogP contribution in [0, 0.1) is 0 Å². The summed E-state index contributed by atoms with van der Waals surface area (Å²) in [6, 6.07) is 3.47. The lowest BCUT2D eigenvalue weighted by Gasteiger charge is -2.42. The summed E-state index contributed by atoms with van der Waals surface area (Å²) in [4.78, 5) is 18.7. The van der Waals surface area contributed by atoms with Crippen molar-refractivity contribution in [3.63, 3.8) is 0 Å². The second kappa shape index (κ2) is 9.87. The molecule has 0 saturated carbocycles. The highest BCUT2D eigenvalue weighted by atomic mass is 16.4. The molecule has 29 heavy (non-hydrogen) atoms. The molecule has 0 radical (unpaired) electrons. The van der Waals surface area contributed by atoms with Gasteiger partial charge in [0.05, 0.1) is 5.60 Å². The SMILES string of the molecule is CC(C)NC(C(=O)O)C1(O)CCN(CCCCc2ccc3c(n2)NCCC3)CC1. The van der Waals surface area contributed by atoms with Gasteiger partial charge >= 0.3 is 5.97 Å². The Morgan fingerprint density at radius 1 is 1.31 bits per heavy atom. The molecule has 1 fully saturated rings. The van der Waals surface area contributed by atoms with E-state index in [0.29, 0.717) is 12.8 Å². The van der Waals surface area contributed by atoms with E-state index in [4.69, 9.17) is 4.98 Å². The number of carboxylic acid groups (broad SMARTS) is 1. The van der Waals surface area contributed by atoms with Crippen LogP contribution >= 0.6 is 0 Å². The molecule has 4 N–H and O–H groups in total. The van der Waals surface area contributed by atoms with Gasteiger partial charge in [0.2, 0.25) is 0 Å². The molecule has 3 heterocycles. The molecule has 1 aromatic heterocycles. The number of nitrogens with zero attached hydrogens (tertiary/aromatic N) is 2. The van der Waals surface area contributed by atoms with Crippen LogP contribution < -0.4 is 10.6 Å². The van der Waals surface area contributed by atoms with Gasteiger partial charge in [0, 0.05) is 31.4 Å².